The highest BCUT2D eigenvalue weighted by molar-refractivity contribution is 5.07. The molecule has 0 fully saturated rings. The first-order valence-electron chi connectivity index (χ1n) is 8.50. The number of rotatable bonds is 10. The molecule has 2 heterocycles. The zero-order chi connectivity index (χ0) is 15.8. The molecular weight excluding hydrogens is 274 g/mol. The number of hydrogen-bond acceptors (Lipinski definition) is 3. The van der Waals surface area contributed by atoms with Gasteiger partial charge in [-0.25, -0.2) is 0 Å². The minimum atomic E-state index is 0.849. The van der Waals surface area contributed by atoms with Gasteiger partial charge in [0.1, 0.15) is 23.0 Å². The number of nitrogens with zero attached hydrogens (tertiary/aromatic N) is 1. The van der Waals surface area contributed by atoms with Gasteiger partial charge in [0.15, 0.2) is 0 Å². The summed E-state index contributed by atoms with van der Waals surface area (Å²) in [7, 11) is 0. The Labute approximate surface area is 134 Å². The molecule has 2 rings (SSSR count). The first kappa shape index (κ1) is 16.9. The Bertz CT molecular complexity index is 499. The maximum Gasteiger partial charge on any atom is 0.118 e. The van der Waals surface area contributed by atoms with Crippen LogP contribution in [0.2, 0.25) is 0 Å². The number of unbranched alkanes of at least 4 members (excludes halogenated alkanes) is 4. The standard InChI is InChI=1S/C19H29NO2/c1-4-5-6-7-8-13-20(14-18-11-9-16(2)21-18)15-19-12-10-17(3)22-19/h9-12H,4-8,13-15H2,1-3H3. The van der Waals surface area contributed by atoms with Gasteiger partial charge < -0.3 is 8.83 Å². The minimum Gasteiger partial charge on any atom is -0.465 e. The van der Waals surface area contributed by atoms with Gasteiger partial charge in [0.2, 0.25) is 0 Å². The second-order valence-corrected chi connectivity index (χ2v) is 6.15. The third-order valence-corrected chi connectivity index (χ3v) is 3.93. The van der Waals surface area contributed by atoms with Crippen LogP contribution in [-0.4, -0.2) is 11.4 Å². The van der Waals surface area contributed by atoms with E-state index in [1.807, 2.05) is 26.0 Å². The summed E-state index contributed by atoms with van der Waals surface area (Å²) in [5, 5.41) is 0. The second-order valence-electron chi connectivity index (χ2n) is 6.15. The highest BCUT2D eigenvalue weighted by atomic mass is 16.3. The summed E-state index contributed by atoms with van der Waals surface area (Å²) in [5.74, 6) is 4.03. The fraction of sp³-hybridized carbons (Fsp3) is 0.579. The Balaban J connectivity index is 1.87. The lowest BCUT2D eigenvalue weighted by atomic mass is 10.1. The first-order chi connectivity index (χ1) is 10.7. The molecule has 0 aliphatic carbocycles. The third kappa shape index (κ3) is 5.72. The van der Waals surface area contributed by atoms with Crippen LogP contribution >= 0.6 is 0 Å². The largest absolute Gasteiger partial charge is 0.465 e. The van der Waals surface area contributed by atoms with Crippen molar-refractivity contribution in [2.75, 3.05) is 6.54 Å². The van der Waals surface area contributed by atoms with Crippen LogP contribution in [0.5, 0.6) is 0 Å². The van der Waals surface area contributed by atoms with Crippen LogP contribution in [0.3, 0.4) is 0 Å². The number of furan rings is 2. The fourth-order valence-corrected chi connectivity index (χ4v) is 2.73. The summed E-state index contributed by atoms with van der Waals surface area (Å²) in [6, 6.07) is 8.22. The van der Waals surface area contributed by atoms with Crippen molar-refractivity contribution in [3.63, 3.8) is 0 Å². The molecule has 3 heteroatoms. The number of aryl methyl sites for hydroxylation is 2. The van der Waals surface area contributed by atoms with E-state index in [0.717, 1.165) is 42.7 Å². The van der Waals surface area contributed by atoms with Crippen molar-refractivity contribution in [1.82, 2.24) is 4.90 Å². The molecule has 0 aromatic carbocycles. The fourth-order valence-electron chi connectivity index (χ4n) is 2.73. The van der Waals surface area contributed by atoms with E-state index in [4.69, 9.17) is 8.83 Å². The monoisotopic (exact) mass is 303 g/mol. The molecule has 2 aromatic rings. The number of hydrogen-bond donors (Lipinski definition) is 0. The lowest BCUT2D eigenvalue weighted by molar-refractivity contribution is 0.211. The quantitative estimate of drug-likeness (QED) is 0.546. The van der Waals surface area contributed by atoms with Crippen LogP contribution in [0.1, 0.15) is 62.1 Å². The van der Waals surface area contributed by atoms with E-state index in [9.17, 15) is 0 Å². The predicted molar refractivity (Wildman–Crippen MR) is 89.8 cm³/mol. The van der Waals surface area contributed by atoms with Crippen molar-refractivity contribution in [1.29, 1.82) is 0 Å². The van der Waals surface area contributed by atoms with E-state index < -0.39 is 0 Å². The van der Waals surface area contributed by atoms with Crippen molar-refractivity contribution >= 4 is 0 Å². The summed E-state index contributed by atoms with van der Waals surface area (Å²) in [6.45, 7) is 9.03. The van der Waals surface area contributed by atoms with Crippen molar-refractivity contribution < 1.29 is 8.83 Å². The van der Waals surface area contributed by atoms with Gasteiger partial charge in [-0.15, -0.1) is 0 Å². The smallest absolute Gasteiger partial charge is 0.118 e. The molecule has 2 aromatic heterocycles. The SMILES string of the molecule is CCCCCCCN(Cc1ccc(C)o1)Cc1ccc(C)o1. The lowest BCUT2D eigenvalue weighted by Crippen LogP contribution is -2.23. The zero-order valence-electron chi connectivity index (χ0n) is 14.2. The molecule has 0 N–H and O–H groups in total. The molecule has 0 bridgehead atoms. The van der Waals surface area contributed by atoms with Crippen LogP contribution in [0, 0.1) is 13.8 Å². The summed E-state index contributed by atoms with van der Waals surface area (Å²) < 4.78 is 11.5. The van der Waals surface area contributed by atoms with Crippen molar-refractivity contribution in [3.05, 3.63) is 47.3 Å². The van der Waals surface area contributed by atoms with Crippen LogP contribution in [0.4, 0.5) is 0 Å². The van der Waals surface area contributed by atoms with Crippen LogP contribution in [-0.2, 0) is 13.1 Å². The van der Waals surface area contributed by atoms with Crippen molar-refractivity contribution in [3.8, 4) is 0 Å². The molecule has 0 aliphatic rings. The van der Waals surface area contributed by atoms with E-state index >= 15 is 0 Å². The molecular formula is C19H29NO2. The summed E-state index contributed by atoms with van der Waals surface area (Å²) in [4.78, 5) is 2.42. The topological polar surface area (TPSA) is 29.5 Å². The van der Waals surface area contributed by atoms with Crippen LogP contribution in [0.15, 0.2) is 33.1 Å². The normalized spacial score (nSPS) is 11.5. The van der Waals surface area contributed by atoms with Gasteiger partial charge in [-0.2, -0.15) is 0 Å². The summed E-state index contributed by atoms with van der Waals surface area (Å²) >= 11 is 0. The molecule has 0 saturated heterocycles. The third-order valence-electron chi connectivity index (χ3n) is 3.93. The molecule has 0 unspecified atom stereocenters. The van der Waals surface area contributed by atoms with Crippen molar-refractivity contribution in [2.24, 2.45) is 0 Å². The van der Waals surface area contributed by atoms with Crippen molar-refractivity contribution in [2.45, 2.75) is 66.0 Å². The van der Waals surface area contributed by atoms with E-state index in [1.165, 1.54) is 32.1 Å². The van der Waals surface area contributed by atoms with E-state index in [2.05, 4.69) is 24.0 Å². The van der Waals surface area contributed by atoms with Crippen LogP contribution in [0.25, 0.3) is 0 Å². The molecule has 22 heavy (non-hydrogen) atoms. The Morgan fingerprint density at radius 1 is 0.773 bits per heavy atom. The molecule has 3 nitrogen and oxygen atoms in total. The first-order valence-corrected chi connectivity index (χ1v) is 8.50. The average molecular weight is 303 g/mol. The van der Waals surface area contributed by atoms with Gasteiger partial charge >= 0.3 is 0 Å². The lowest BCUT2D eigenvalue weighted by Gasteiger charge is -2.20. The molecule has 0 aliphatic heterocycles. The Morgan fingerprint density at radius 2 is 1.32 bits per heavy atom. The molecule has 0 amide bonds. The minimum absolute atomic E-state index is 0.849. The maximum absolute atomic E-state index is 5.73. The zero-order valence-corrected chi connectivity index (χ0v) is 14.2. The second kappa shape index (κ2) is 8.84. The molecule has 0 atom stereocenters. The van der Waals surface area contributed by atoms with Gasteiger partial charge in [0.05, 0.1) is 13.1 Å². The Kier molecular flexibility index (Phi) is 6.78. The van der Waals surface area contributed by atoms with Gasteiger partial charge in [0.25, 0.3) is 0 Å². The molecule has 122 valence electrons. The summed E-state index contributed by atoms with van der Waals surface area (Å²) in [5.41, 5.74) is 0. The van der Waals surface area contributed by atoms with Gasteiger partial charge in [-0.3, -0.25) is 4.90 Å². The summed E-state index contributed by atoms with van der Waals surface area (Å²) in [6.07, 6.45) is 6.51. The Hall–Kier alpha value is -1.48. The predicted octanol–water partition coefficient (Wildman–Crippen LogP) is 5.46. The molecule has 0 saturated carbocycles. The molecule has 0 spiro atoms. The Morgan fingerprint density at radius 3 is 1.77 bits per heavy atom. The van der Waals surface area contributed by atoms with Gasteiger partial charge in [-0.1, -0.05) is 32.6 Å². The van der Waals surface area contributed by atoms with E-state index in [-0.39, 0.29) is 0 Å². The van der Waals surface area contributed by atoms with Gasteiger partial charge in [-0.05, 0) is 51.1 Å². The maximum atomic E-state index is 5.73. The average Bonchev–Trinajstić information content (AvgIpc) is 3.07. The van der Waals surface area contributed by atoms with E-state index in [1.54, 1.807) is 0 Å². The van der Waals surface area contributed by atoms with Crippen LogP contribution < -0.4 is 0 Å². The highest BCUT2D eigenvalue weighted by Crippen LogP contribution is 2.16. The van der Waals surface area contributed by atoms with Gasteiger partial charge in [0, 0.05) is 0 Å². The molecule has 0 radical (unpaired) electrons. The van der Waals surface area contributed by atoms with E-state index in [0.29, 0.717) is 0 Å². The highest BCUT2D eigenvalue weighted by Gasteiger charge is 2.11.